The van der Waals surface area contributed by atoms with E-state index in [0.29, 0.717) is 0 Å². The van der Waals surface area contributed by atoms with Gasteiger partial charge in [-0.1, -0.05) is 87.5 Å². The quantitative estimate of drug-likeness (QED) is 0.716. The molecule has 3 aromatic carbocycles. The largest absolute Gasteiger partial charge is 0.345 e. The smallest absolute Gasteiger partial charge is 0.226 e. The summed E-state index contributed by atoms with van der Waals surface area (Å²) in [7, 11) is 0. The van der Waals surface area contributed by atoms with Gasteiger partial charge in [-0.15, -0.1) is 0 Å². The first-order chi connectivity index (χ1) is 11.4. The zero-order valence-electron chi connectivity index (χ0n) is 14.4. The molecule has 0 aromatic heterocycles. The number of hydrogen-bond acceptors (Lipinski definition) is 1. The molecule has 0 saturated heterocycles. The van der Waals surface area contributed by atoms with Crippen molar-refractivity contribution in [3.8, 4) is 0 Å². The van der Waals surface area contributed by atoms with Gasteiger partial charge in [0.1, 0.15) is 0 Å². The fourth-order valence-electron chi connectivity index (χ4n) is 2.74. The Balaban J connectivity index is 2.04. The summed E-state index contributed by atoms with van der Waals surface area (Å²) in [6.45, 7) is 5.81. The van der Waals surface area contributed by atoms with Crippen LogP contribution in [0.5, 0.6) is 0 Å². The highest BCUT2D eigenvalue weighted by molar-refractivity contribution is 5.84. The monoisotopic (exact) mass is 317 g/mol. The van der Waals surface area contributed by atoms with Crippen molar-refractivity contribution >= 4 is 16.7 Å². The number of benzene rings is 3. The van der Waals surface area contributed by atoms with E-state index >= 15 is 0 Å². The van der Waals surface area contributed by atoms with Crippen LogP contribution in [0.15, 0.2) is 72.8 Å². The molecule has 0 aliphatic rings. The molecule has 3 rings (SSSR count). The Bertz CT molecular complexity index is 846. The van der Waals surface area contributed by atoms with Crippen molar-refractivity contribution in [3.05, 3.63) is 83.9 Å². The zero-order chi connectivity index (χ0) is 17.2. The molecule has 1 amide bonds. The number of fused-ring (bicyclic) bond motifs is 1. The summed E-state index contributed by atoms with van der Waals surface area (Å²) in [5.41, 5.74) is 1.76. The lowest BCUT2D eigenvalue weighted by atomic mass is 9.92. The van der Waals surface area contributed by atoms with E-state index in [4.69, 9.17) is 0 Å². The number of amides is 1. The van der Waals surface area contributed by atoms with Crippen molar-refractivity contribution in [1.29, 1.82) is 0 Å². The van der Waals surface area contributed by atoms with Crippen LogP contribution in [0.2, 0.25) is 0 Å². The highest BCUT2D eigenvalue weighted by Gasteiger charge is 2.25. The van der Waals surface area contributed by atoms with E-state index in [9.17, 15) is 4.79 Å². The van der Waals surface area contributed by atoms with Gasteiger partial charge < -0.3 is 5.32 Å². The molecule has 0 radical (unpaired) electrons. The fourth-order valence-corrected chi connectivity index (χ4v) is 2.74. The van der Waals surface area contributed by atoms with Gasteiger partial charge in [-0.25, -0.2) is 0 Å². The van der Waals surface area contributed by atoms with E-state index in [1.165, 1.54) is 10.8 Å². The van der Waals surface area contributed by atoms with Crippen LogP contribution in [0.4, 0.5) is 0 Å². The Morgan fingerprint density at radius 1 is 0.792 bits per heavy atom. The first kappa shape index (κ1) is 16.3. The van der Waals surface area contributed by atoms with Crippen LogP contribution < -0.4 is 5.32 Å². The number of nitrogens with one attached hydrogen (secondary N) is 1. The number of carbonyl (C=O) groups is 1. The normalized spacial score (nSPS) is 12.8. The predicted octanol–water partition coefficient (Wildman–Crippen LogP) is 5.09. The molecule has 0 heterocycles. The molecular formula is C22H23NO. The lowest BCUT2D eigenvalue weighted by Crippen LogP contribution is -2.37. The van der Waals surface area contributed by atoms with Gasteiger partial charge >= 0.3 is 0 Å². The van der Waals surface area contributed by atoms with E-state index < -0.39 is 5.41 Å². The van der Waals surface area contributed by atoms with Crippen molar-refractivity contribution in [2.75, 3.05) is 0 Å². The second-order valence-corrected chi connectivity index (χ2v) is 7.17. The molecular weight excluding hydrogens is 294 g/mol. The minimum Gasteiger partial charge on any atom is -0.345 e. The van der Waals surface area contributed by atoms with Gasteiger partial charge in [0.15, 0.2) is 0 Å². The third-order valence-electron chi connectivity index (χ3n) is 4.20. The second-order valence-electron chi connectivity index (χ2n) is 7.17. The Kier molecular flexibility index (Phi) is 4.39. The molecule has 24 heavy (non-hydrogen) atoms. The summed E-state index contributed by atoms with van der Waals surface area (Å²) in [5.74, 6) is 0.0458. The Hall–Kier alpha value is -2.61. The molecule has 2 nitrogen and oxygen atoms in total. The van der Waals surface area contributed by atoms with E-state index in [2.05, 4.69) is 47.8 Å². The van der Waals surface area contributed by atoms with Crippen molar-refractivity contribution in [2.24, 2.45) is 5.41 Å². The molecule has 2 heteroatoms. The average molecular weight is 317 g/mol. The van der Waals surface area contributed by atoms with Gasteiger partial charge in [-0.05, 0) is 28.0 Å². The molecule has 0 fully saturated rings. The van der Waals surface area contributed by atoms with E-state index in [1.54, 1.807) is 0 Å². The van der Waals surface area contributed by atoms with Crippen molar-refractivity contribution in [3.63, 3.8) is 0 Å². The number of rotatable bonds is 3. The van der Waals surface area contributed by atoms with E-state index in [1.807, 2.05) is 51.1 Å². The van der Waals surface area contributed by atoms with Gasteiger partial charge in [0.25, 0.3) is 0 Å². The first-order valence-corrected chi connectivity index (χ1v) is 8.30. The van der Waals surface area contributed by atoms with Crippen LogP contribution in [0.1, 0.15) is 37.9 Å². The maximum Gasteiger partial charge on any atom is 0.226 e. The highest BCUT2D eigenvalue weighted by atomic mass is 16.2. The summed E-state index contributed by atoms with van der Waals surface area (Å²) in [5, 5.41) is 5.60. The fraction of sp³-hybridized carbons (Fsp3) is 0.227. The standard InChI is InChI=1S/C22H23NO/c1-22(2,3)21(24)23-20(17-10-5-4-6-11-17)19-14-13-16-9-7-8-12-18(16)15-19/h4-15,20H,1-3H3,(H,23,24)/t20-/m1/s1. The van der Waals surface area contributed by atoms with Crippen molar-refractivity contribution in [2.45, 2.75) is 26.8 Å². The topological polar surface area (TPSA) is 29.1 Å². The molecule has 0 aliphatic heterocycles. The lowest BCUT2D eigenvalue weighted by Gasteiger charge is -2.25. The Morgan fingerprint density at radius 3 is 2.08 bits per heavy atom. The summed E-state index contributed by atoms with van der Waals surface area (Å²) >= 11 is 0. The van der Waals surface area contributed by atoms with Crippen LogP contribution in [0.25, 0.3) is 10.8 Å². The van der Waals surface area contributed by atoms with Crippen molar-refractivity contribution in [1.82, 2.24) is 5.32 Å². The van der Waals surface area contributed by atoms with Crippen LogP contribution in [0, 0.1) is 5.41 Å². The number of hydrogen-bond donors (Lipinski definition) is 1. The summed E-state index contributed by atoms with van der Waals surface area (Å²) in [6, 6.07) is 24.6. The van der Waals surface area contributed by atoms with Crippen LogP contribution in [-0.4, -0.2) is 5.91 Å². The zero-order valence-corrected chi connectivity index (χ0v) is 14.4. The second kappa shape index (κ2) is 6.48. The molecule has 122 valence electrons. The third-order valence-corrected chi connectivity index (χ3v) is 4.20. The molecule has 0 unspecified atom stereocenters. The van der Waals surface area contributed by atoms with Crippen LogP contribution in [-0.2, 0) is 4.79 Å². The molecule has 1 atom stereocenters. The number of carbonyl (C=O) groups excluding carboxylic acids is 1. The maximum atomic E-state index is 12.6. The van der Waals surface area contributed by atoms with Crippen LogP contribution >= 0.6 is 0 Å². The van der Waals surface area contributed by atoms with Crippen molar-refractivity contribution < 1.29 is 4.79 Å². The van der Waals surface area contributed by atoms with Gasteiger partial charge in [0, 0.05) is 5.41 Å². The Labute approximate surface area is 143 Å². The maximum absolute atomic E-state index is 12.6. The SMILES string of the molecule is CC(C)(C)C(=O)N[C@H](c1ccccc1)c1ccc2ccccc2c1. The summed E-state index contributed by atoms with van der Waals surface area (Å²) in [4.78, 5) is 12.6. The molecule has 0 bridgehead atoms. The van der Waals surface area contributed by atoms with Gasteiger partial charge in [-0.2, -0.15) is 0 Å². The minimum atomic E-state index is -0.427. The molecule has 0 spiro atoms. The van der Waals surface area contributed by atoms with E-state index in [-0.39, 0.29) is 11.9 Å². The summed E-state index contributed by atoms with van der Waals surface area (Å²) < 4.78 is 0. The average Bonchev–Trinajstić information content (AvgIpc) is 2.59. The highest BCUT2D eigenvalue weighted by Crippen LogP contribution is 2.27. The Morgan fingerprint density at radius 2 is 1.42 bits per heavy atom. The minimum absolute atomic E-state index is 0.0458. The third kappa shape index (κ3) is 3.48. The lowest BCUT2D eigenvalue weighted by molar-refractivity contribution is -0.129. The first-order valence-electron chi connectivity index (χ1n) is 8.30. The molecule has 1 N–H and O–H groups in total. The molecule has 0 saturated carbocycles. The van der Waals surface area contributed by atoms with Crippen LogP contribution in [0.3, 0.4) is 0 Å². The van der Waals surface area contributed by atoms with Gasteiger partial charge in [0.2, 0.25) is 5.91 Å². The summed E-state index contributed by atoms with van der Waals surface area (Å²) in [6.07, 6.45) is 0. The molecule has 0 aliphatic carbocycles. The predicted molar refractivity (Wildman–Crippen MR) is 99.8 cm³/mol. The molecule has 3 aromatic rings. The van der Waals surface area contributed by atoms with Gasteiger partial charge in [0.05, 0.1) is 6.04 Å². The van der Waals surface area contributed by atoms with Gasteiger partial charge in [-0.3, -0.25) is 4.79 Å². The van der Waals surface area contributed by atoms with E-state index in [0.717, 1.165) is 11.1 Å².